The number of hydrogen-bond donors (Lipinski definition) is 0. The third kappa shape index (κ3) is 3.89. The fourth-order valence-electron chi connectivity index (χ4n) is 0.771. The number of thioether (sulfide) groups is 1. The molecule has 66 valence electrons. The van der Waals surface area contributed by atoms with Crippen LogP contribution < -0.4 is 0 Å². The number of halogens is 3. The SMILES string of the molecule is CC1(CSCC(F)(F)F)CC1. The van der Waals surface area contributed by atoms with E-state index in [1.165, 1.54) is 0 Å². The smallest absolute Gasteiger partial charge is 0.170 e. The lowest BCUT2D eigenvalue weighted by atomic mass is 10.2. The van der Waals surface area contributed by atoms with Crippen molar-refractivity contribution in [3.63, 3.8) is 0 Å². The van der Waals surface area contributed by atoms with Gasteiger partial charge in [0.05, 0.1) is 5.75 Å². The summed E-state index contributed by atoms with van der Waals surface area (Å²) in [5.74, 6) is -0.0326. The third-order valence-electron chi connectivity index (χ3n) is 1.82. The summed E-state index contributed by atoms with van der Waals surface area (Å²) in [6, 6.07) is 0. The fraction of sp³-hybridized carbons (Fsp3) is 1.00. The lowest BCUT2D eigenvalue weighted by molar-refractivity contribution is -0.105. The second-order valence-electron chi connectivity index (χ2n) is 3.42. The highest BCUT2D eigenvalue weighted by atomic mass is 32.2. The zero-order valence-electron chi connectivity index (χ0n) is 6.37. The van der Waals surface area contributed by atoms with Gasteiger partial charge in [-0.1, -0.05) is 6.92 Å². The van der Waals surface area contributed by atoms with E-state index >= 15 is 0 Å². The lowest BCUT2D eigenvalue weighted by Gasteiger charge is -2.08. The molecule has 0 aliphatic heterocycles. The third-order valence-corrected chi connectivity index (χ3v) is 3.25. The summed E-state index contributed by atoms with van der Waals surface area (Å²) < 4.78 is 34.9. The molecule has 11 heavy (non-hydrogen) atoms. The normalized spacial score (nSPS) is 21.8. The summed E-state index contributed by atoms with van der Waals surface area (Å²) in [4.78, 5) is 0. The standard InChI is InChI=1S/C7H11F3S/c1-6(2-3-6)4-11-5-7(8,9)10/h2-5H2,1H3. The van der Waals surface area contributed by atoms with Crippen molar-refractivity contribution in [3.8, 4) is 0 Å². The molecule has 0 amide bonds. The van der Waals surface area contributed by atoms with Gasteiger partial charge >= 0.3 is 6.18 Å². The molecule has 0 unspecified atom stereocenters. The molecular weight excluding hydrogens is 173 g/mol. The van der Waals surface area contributed by atoms with Crippen LogP contribution in [0.1, 0.15) is 19.8 Å². The van der Waals surface area contributed by atoms with Crippen LogP contribution in [0.2, 0.25) is 0 Å². The van der Waals surface area contributed by atoms with Crippen LogP contribution in [0, 0.1) is 5.41 Å². The molecule has 0 aromatic carbocycles. The average molecular weight is 184 g/mol. The molecule has 0 radical (unpaired) electrons. The van der Waals surface area contributed by atoms with Crippen molar-refractivity contribution in [2.24, 2.45) is 5.41 Å². The molecule has 1 aliphatic rings. The van der Waals surface area contributed by atoms with E-state index in [9.17, 15) is 13.2 Å². The predicted molar refractivity (Wildman–Crippen MR) is 40.7 cm³/mol. The maximum absolute atomic E-state index is 11.6. The van der Waals surface area contributed by atoms with Gasteiger partial charge in [-0.3, -0.25) is 0 Å². The Morgan fingerprint density at radius 1 is 1.36 bits per heavy atom. The molecule has 1 saturated carbocycles. The number of rotatable bonds is 3. The monoisotopic (exact) mass is 184 g/mol. The summed E-state index contributed by atoms with van der Waals surface area (Å²) >= 11 is 1.00. The highest BCUT2D eigenvalue weighted by molar-refractivity contribution is 7.99. The van der Waals surface area contributed by atoms with Crippen LogP contribution in [0.25, 0.3) is 0 Å². The Hall–Kier alpha value is 0.140. The van der Waals surface area contributed by atoms with E-state index in [2.05, 4.69) is 0 Å². The van der Waals surface area contributed by atoms with Crippen LogP contribution in [0.3, 0.4) is 0 Å². The van der Waals surface area contributed by atoms with Crippen molar-refractivity contribution in [2.45, 2.75) is 25.9 Å². The van der Waals surface area contributed by atoms with Gasteiger partial charge in [-0.05, 0) is 24.0 Å². The van der Waals surface area contributed by atoms with E-state index in [0.29, 0.717) is 5.75 Å². The van der Waals surface area contributed by atoms with Gasteiger partial charge in [0.25, 0.3) is 0 Å². The predicted octanol–water partition coefficient (Wildman–Crippen LogP) is 3.08. The first-order chi connectivity index (χ1) is 4.91. The molecule has 0 bridgehead atoms. The minimum Gasteiger partial charge on any atom is -0.170 e. The molecule has 0 nitrogen and oxygen atoms in total. The molecule has 0 atom stereocenters. The highest BCUT2D eigenvalue weighted by Gasteiger charge is 2.38. The summed E-state index contributed by atoms with van der Waals surface area (Å²) in [6.07, 6.45) is -1.80. The van der Waals surface area contributed by atoms with Crippen molar-refractivity contribution in [1.29, 1.82) is 0 Å². The number of alkyl halides is 3. The molecule has 0 aromatic heterocycles. The summed E-state index contributed by atoms with van der Waals surface area (Å²) in [7, 11) is 0. The number of hydrogen-bond acceptors (Lipinski definition) is 1. The second kappa shape index (κ2) is 2.88. The molecule has 0 aromatic rings. The second-order valence-corrected chi connectivity index (χ2v) is 4.40. The first-order valence-electron chi connectivity index (χ1n) is 3.56. The molecular formula is C7H11F3S. The van der Waals surface area contributed by atoms with Gasteiger partial charge in [0.2, 0.25) is 0 Å². The van der Waals surface area contributed by atoms with E-state index in [1.807, 2.05) is 6.92 Å². The summed E-state index contributed by atoms with van der Waals surface area (Å²) in [6.45, 7) is 2.04. The van der Waals surface area contributed by atoms with Gasteiger partial charge in [0.1, 0.15) is 0 Å². The van der Waals surface area contributed by atoms with Crippen molar-refractivity contribution in [1.82, 2.24) is 0 Å². The maximum Gasteiger partial charge on any atom is 0.397 e. The van der Waals surface area contributed by atoms with E-state index in [1.54, 1.807) is 0 Å². The van der Waals surface area contributed by atoms with Crippen molar-refractivity contribution < 1.29 is 13.2 Å². The molecule has 1 aliphatic carbocycles. The zero-order chi connectivity index (χ0) is 8.54. The topological polar surface area (TPSA) is 0 Å². The summed E-state index contributed by atoms with van der Waals surface area (Å²) in [5, 5.41) is 0. The minimum absolute atomic E-state index is 0.232. The Morgan fingerprint density at radius 3 is 2.27 bits per heavy atom. The van der Waals surface area contributed by atoms with Crippen molar-refractivity contribution in [2.75, 3.05) is 11.5 Å². The fourth-order valence-corrected chi connectivity index (χ4v) is 1.89. The van der Waals surface area contributed by atoms with E-state index < -0.39 is 11.9 Å². The quantitative estimate of drug-likeness (QED) is 0.649. The first-order valence-corrected chi connectivity index (χ1v) is 4.71. The Kier molecular flexibility index (Phi) is 2.42. The van der Waals surface area contributed by atoms with E-state index in [-0.39, 0.29) is 5.41 Å². The van der Waals surface area contributed by atoms with Gasteiger partial charge < -0.3 is 0 Å². The first kappa shape index (κ1) is 9.23. The van der Waals surface area contributed by atoms with Gasteiger partial charge in [0.15, 0.2) is 0 Å². The average Bonchev–Trinajstić information content (AvgIpc) is 2.44. The van der Waals surface area contributed by atoms with Gasteiger partial charge in [0, 0.05) is 0 Å². The van der Waals surface area contributed by atoms with Crippen LogP contribution in [0.5, 0.6) is 0 Å². The van der Waals surface area contributed by atoms with Crippen LogP contribution in [0.15, 0.2) is 0 Å². The van der Waals surface area contributed by atoms with Gasteiger partial charge in [-0.15, -0.1) is 0 Å². The van der Waals surface area contributed by atoms with Crippen LogP contribution in [-0.2, 0) is 0 Å². The van der Waals surface area contributed by atoms with E-state index in [0.717, 1.165) is 24.6 Å². The summed E-state index contributed by atoms with van der Waals surface area (Å²) in [5.41, 5.74) is 0.232. The Balaban J connectivity index is 2.05. The molecule has 1 rings (SSSR count). The Bertz CT molecular complexity index is 132. The van der Waals surface area contributed by atoms with E-state index in [4.69, 9.17) is 0 Å². The van der Waals surface area contributed by atoms with Gasteiger partial charge in [-0.25, -0.2) is 0 Å². The van der Waals surface area contributed by atoms with Crippen LogP contribution in [-0.4, -0.2) is 17.7 Å². The van der Waals surface area contributed by atoms with Crippen LogP contribution in [0.4, 0.5) is 13.2 Å². The minimum atomic E-state index is -3.99. The molecule has 4 heteroatoms. The molecule has 0 saturated heterocycles. The maximum atomic E-state index is 11.6. The molecule has 0 spiro atoms. The Morgan fingerprint density at radius 2 is 1.91 bits per heavy atom. The van der Waals surface area contributed by atoms with Crippen molar-refractivity contribution in [3.05, 3.63) is 0 Å². The zero-order valence-corrected chi connectivity index (χ0v) is 7.19. The largest absolute Gasteiger partial charge is 0.397 e. The molecule has 0 heterocycles. The molecule has 0 N–H and O–H groups in total. The highest BCUT2D eigenvalue weighted by Crippen LogP contribution is 2.47. The lowest BCUT2D eigenvalue weighted by Crippen LogP contribution is -2.12. The van der Waals surface area contributed by atoms with Crippen LogP contribution >= 0.6 is 11.8 Å². The molecule has 1 fully saturated rings. The Labute approximate surface area is 68.5 Å². The van der Waals surface area contributed by atoms with Crippen molar-refractivity contribution >= 4 is 11.8 Å². The van der Waals surface area contributed by atoms with Gasteiger partial charge in [-0.2, -0.15) is 24.9 Å².